The van der Waals surface area contributed by atoms with Gasteiger partial charge in [0.2, 0.25) is 0 Å². The van der Waals surface area contributed by atoms with Gasteiger partial charge in [-0.2, -0.15) is 4.98 Å². The maximum atomic E-state index is 12.9. The molecule has 0 radical (unpaired) electrons. The fraction of sp³-hybridized carbons (Fsp3) is 0.0667. The summed E-state index contributed by atoms with van der Waals surface area (Å²) in [6, 6.07) is 13.6. The van der Waals surface area contributed by atoms with Gasteiger partial charge in [-0.1, -0.05) is 35.0 Å². The number of anilines is 1. The number of nitrogens with zero attached hydrogens (tertiary/aromatic N) is 2. The van der Waals surface area contributed by atoms with Crippen LogP contribution in [0.2, 0.25) is 5.02 Å². The molecule has 0 bridgehead atoms. The fourth-order valence-corrected chi connectivity index (χ4v) is 2.06. The standard InChI is InChI=1S/C15H11ClFN3O/c16-12-8-11(17)6-7-13(12)18-9-14-19-15(21-20-14)10-4-2-1-3-5-10/h1-8,18H,9H2. The molecule has 0 aliphatic rings. The molecule has 0 unspecified atom stereocenters. The van der Waals surface area contributed by atoms with Crippen molar-refractivity contribution < 1.29 is 8.91 Å². The van der Waals surface area contributed by atoms with Gasteiger partial charge in [0, 0.05) is 5.56 Å². The number of hydrogen-bond acceptors (Lipinski definition) is 4. The highest BCUT2D eigenvalue weighted by Gasteiger charge is 2.09. The van der Waals surface area contributed by atoms with Crippen molar-refractivity contribution in [3.63, 3.8) is 0 Å². The van der Waals surface area contributed by atoms with Crippen LogP contribution in [0, 0.1) is 5.82 Å². The highest BCUT2D eigenvalue weighted by atomic mass is 35.5. The molecule has 3 rings (SSSR count). The van der Waals surface area contributed by atoms with E-state index in [4.69, 9.17) is 16.1 Å². The van der Waals surface area contributed by atoms with Crippen molar-refractivity contribution in [1.82, 2.24) is 10.1 Å². The van der Waals surface area contributed by atoms with Crippen molar-refractivity contribution >= 4 is 17.3 Å². The Bertz CT molecular complexity index is 746. The molecule has 0 saturated carbocycles. The second-order valence-electron chi connectivity index (χ2n) is 4.36. The lowest BCUT2D eigenvalue weighted by Gasteiger charge is -2.05. The number of nitrogens with one attached hydrogen (secondary N) is 1. The van der Waals surface area contributed by atoms with Crippen molar-refractivity contribution in [3.05, 3.63) is 65.2 Å². The Morgan fingerprint density at radius 3 is 2.71 bits per heavy atom. The van der Waals surface area contributed by atoms with Crippen LogP contribution in [-0.2, 0) is 6.54 Å². The third-order valence-electron chi connectivity index (χ3n) is 2.86. The zero-order valence-electron chi connectivity index (χ0n) is 10.9. The lowest BCUT2D eigenvalue weighted by molar-refractivity contribution is 0.423. The van der Waals surface area contributed by atoms with Crippen molar-refractivity contribution in [3.8, 4) is 11.5 Å². The van der Waals surface area contributed by atoms with Gasteiger partial charge in [0.1, 0.15) is 5.82 Å². The minimum absolute atomic E-state index is 0.307. The smallest absolute Gasteiger partial charge is 0.257 e. The molecule has 2 aromatic carbocycles. The fourth-order valence-electron chi connectivity index (χ4n) is 1.83. The molecule has 0 aliphatic heterocycles. The highest BCUT2D eigenvalue weighted by molar-refractivity contribution is 6.33. The molecule has 0 aliphatic carbocycles. The first kappa shape index (κ1) is 13.6. The van der Waals surface area contributed by atoms with E-state index in [9.17, 15) is 4.39 Å². The van der Waals surface area contributed by atoms with Gasteiger partial charge in [-0.15, -0.1) is 0 Å². The van der Waals surface area contributed by atoms with Crippen LogP contribution in [0.5, 0.6) is 0 Å². The molecule has 0 spiro atoms. The molecule has 0 amide bonds. The van der Waals surface area contributed by atoms with Gasteiger partial charge in [0.15, 0.2) is 5.82 Å². The molecule has 0 saturated heterocycles. The maximum absolute atomic E-state index is 12.9. The highest BCUT2D eigenvalue weighted by Crippen LogP contribution is 2.23. The molecule has 6 heteroatoms. The molecule has 0 atom stereocenters. The van der Waals surface area contributed by atoms with Gasteiger partial charge in [-0.05, 0) is 30.3 Å². The van der Waals surface area contributed by atoms with E-state index in [0.29, 0.717) is 29.0 Å². The zero-order chi connectivity index (χ0) is 14.7. The third-order valence-corrected chi connectivity index (χ3v) is 3.17. The van der Waals surface area contributed by atoms with E-state index >= 15 is 0 Å². The Morgan fingerprint density at radius 1 is 1.14 bits per heavy atom. The summed E-state index contributed by atoms with van der Waals surface area (Å²) in [4.78, 5) is 4.29. The van der Waals surface area contributed by atoms with E-state index in [2.05, 4.69) is 15.5 Å². The number of benzene rings is 2. The molecular weight excluding hydrogens is 293 g/mol. The van der Waals surface area contributed by atoms with E-state index in [-0.39, 0.29) is 5.82 Å². The molecule has 4 nitrogen and oxygen atoms in total. The van der Waals surface area contributed by atoms with Gasteiger partial charge in [0.05, 0.1) is 17.3 Å². The Kier molecular flexibility index (Phi) is 3.83. The Labute approximate surface area is 125 Å². The molecule has 0 fully saturated rings. The predicted octanol–water partition coefficient (Wildman–Crippen LogP) is 4.14. The van der Waals surface area contributed by atoms with Gasteiger partial charge >= 0.3 is 0 Å². The lowest BCUT2D eigenvalue weighted by atomic mass is 10.2. The average molecular weight is 304 g/mol. The van der Waals surface area contributed by atoms with Crippen LogP contribution in [0.1, 0.15) is 5.82 Å². The van der Waals surface area contributed by atoms with E-state index in [1.165, 1.54) is 12.1 Å². The summed E-state index contributed by atoms with van der Waals surface area (Å²) < 4.78 is 18.1. The summed E-state index contributed by atoms with van der Waals surface area (Å²) in [5.41, 5.74) is 1.47. The van der Waals surface area contributed by atoms with E-state index < -0.39 is 0 Å². The summed E-state index contributed by atoms with van der Waals surface area (Å²) >= 11 is 5.93. The van der Waals surface area contributed by atoms with Gasteiger partial charge in [0.25, 0.3) is 5.89 Å². The van der Waals surface area contributed by atoms with Crippen LogP contribution in [0.3, 0.4) is 0 Å². The topological polar surface area (TPSA) is 51.0 Å². The zero-order valence-corrected chi connectivity index (χ0v) is 11.6. The first-order valence-electron chi connectivity index (χ1n) is 6.29. The Balaban J connectivity index is 1.70. The van der Waals surface area contributed by atoms with Crippen LogP contribution < -0.4 is 5.32 Å². The number of hydrogen-bond donors (Lipinski definition) is 1. The van der Waals surface area contributed by atoms with Crippen LogP contribution >= 0.6 is 11.6 Å². The van der Waals surface area contributed by atoms with Crippen molar-refractivity contribution in [1.29, 1.82) is 0 Å². The Hall–Kier alpha value is -2.40. The van der Waals surface area contributed by atoms with Crippen LogP contribution in [-0.4, -0.2) is 10.1 Å². The predicted molar refractivity (Wildman–Crippen MR) is 78.5 cm³/mol. The minimum atomic E-state index is -0.378. The van der Waals surface area contributed by atoms with Crippen LogP contribution in [0.4, 0.5) is 10.1 Å². The number of halogens is 2. The summed E-state index contributed by atoms with van der Waals surface area (Å²) in [6.45, 7) is 0.335. The summed E-state index contributed by atoms with van der Waals surface area (Å²) in [5.74, 6) is 0.573. The summed E-state index contributed by atoms with van der Waals surface area (Å²) in [6.07, 6.45) is 0. The van der Waals surface area contributed by atoms with Crippen LogP contribution in [0.15, 0.2) is 53.1 Å². The van der Waals surface area contributed by atoms with Gasteiger partial charge in [-0.25, -0.2) is 4.39 Å². The quantitative estimate of drug-likeness (QED) is 0.787. The molecular formula is C15H11ClFN3O. The van der Waals surface area contributed by atoms with Gasteiger partial charge in [-0.3, -0.25) is 0 Å². The monoisotopic (exact) mass is 303 g/mol. The molecule has 3 aromatic rings. The number of aromatic nitrogens is 2. The van der Waals surface area contributed by atoms with Crippen molar-refractivity contribution in [2.24, 2.45) is 0 Å². The largest absolute Gasteiger partial charge is 0.376 e. The molecule has 1 heterocycles. The van der Waals surface area contributed by atoms with E-state index in [1.54, 1.807) is 6.07 Å². The minimum Gasteiger partial charge on any atom is -0.376 e. The third kappa shape index (κ3) is 3.20. The second kappa shape index (κ2) is 5.93. The van der Waals surface area contributed by atoms with Crippen molar-refractivity contribution in [2.45, 2.75) is 6.54 Å². The molecule has 1 N–H and O–H groups in total. The SMILES string of the molecule is Fc1ccc(NCc2noc(-c3ccccc3)n2)c(Cl)c1. The van der Waals surface area contributed by atoms with E-state index in [1.807, 2.05) is 30.3 Å². The first-order valence-corrected chi connectivity index (χ1v) is 6.67. The summed E-state index contributed by atoms with van der Waals surface area (Å²) in [7, 11) is 0. The van der Waals surface area contributed by atoms with E-state index in [0.717, 1.165) is 5.56 Å². The summed E-state index contributed by atoms with van der Waals surface area (Å²) in [5, 5.41) is 7.23. The van der Waals surface area contributed by atoms with Crippen molar-refractivity contribution in [2.75, 3.05) is 5.32 Å². The first-order chi connectivity index (χ1) is 10.2. The van der Waals surface area contributed by atoms with Crippen LogP contribution in [0.25, 0.3) is 11.5 Å². The average Bonchev–Trinajstić information content (AvgIpc) is 2.96. The molecule has 106 valence electrons. The Morgan fingerprint density at radius 2 is 1.95 bits per heavy atom. The number of rotatable bonds is 4. The normalized spacial score (nSPS) is 10.6. The molecule has 21 heavy (non-hydrogen) atoms. The van der Waals surface area contributed by atoms with Gasteiger partial charge < -0.3 is 9.84 Å². The molecule has 1 aromatic heterocycles. The maximum Gasteiger partial charge on any atom is 0.257 e. The second-order valence-corrected chi connectivity index (χ2v) is 4.77. The lowest BCUT2D eigenvalue weighted by Crippen LogP contribution is -2.01.